The van der Waals surface area contributed by atoms with Crippen molar-refractivity contribution in [3.63, 3.8) is 0 Å². The molecule has 7 nitrogen and oxygen atoms in total. The molecule has 1 amide bonds. The van der Waals surface area contributed by atoms with Gasteiger partial charge in [0.15, 0.2) is 5.01 Å². The fraction of sp³-hybridized carbons (Fsp3) is 0.655. The summed E-state index contributed by atoms with van der Waals surface area (Å²) in [6, 6.07) is 4.00. The van der Waals surface area contributed by atoms with Crippen LogP contribution in [0.15, 0.2) is 12.1 Å². The molecular weight excluding hydrogens is 486 g/mol. The zero-order valence-corrected chi connectivity index (χ0v) is 23.6. The fourth-order valence-corrected chi connectivity index (χ4v) is 5.99. The summed E-state index contributed by atoms with van der Waals surface area (Å²) in [5.41, 5.74) is 2.75. The van der Waals surface area contributed by atoms with Gasteiger partial charge in [-0.1, -0.05) is 66.7 Å². The first-order chi connectivity index (χ1) is 17.5. The van der Waals surface area contributed by atoms with Crippen LogP contribution < -0.4 is 10.1 Å². The van der Waals surface area contributed by atoms with E-state index in [0.29, 0.717) is 42.2 Å². The highest BCUT2D eigenvalue weighted by Gasteiger charge is 2.36. The van der Waals surface area contributed by atoms with Crippen molar-refractivity contribution in [2.45, 2.75) is 97.4 Å². The van der Waals surface area contributed by atoms with E-state index in [1.165, 1.54) is 43.4 Å². The lowest BCUT2D eigenvalue weighted by Gasteiger charge is -2.32. The van der Waals surface area contributed by atoms with E-state index in [4.69, 9.17) is 19.8 Å². The smallest absolute Gasteiger partial charge is 0.306 e. The van der Waals surface area contributed by atoms with Crippen LogP contribution in [0.4, 0.5) is 0 Å². The van der Waals surface area contributed by atoms with Crippen molar-refractivity contribution in [3.8, 4) is 16.3 Å². The molecule has 37 heavy (non-hydrogen) atoms. The third-order valence-corrected chi connectivity index (χ3v) is 8.46. The van der Waals surface area contributed by atoms with Crippen molar-refractivity contribution >= 4 is 23.2 Å². The highest BCUT2D eigenvalue weighted by Crippen LogP contribution is 2.38. The number of thiazole rings is 1. The number of nitrogens with zero attached hydrogens (tertiary/aromatic N) is 2. The van der Waals surface area contributed by atoms with Crippen molar-refractivity contribution in [1.29, 1.82) is 0 Å². The minimum absolute atomic E-state index is 0.104. The summed E-state index contributed by atoms with van der Waals surface area (Å²) in [7, 11) is 0. The summed E-state index contributed by atoms with van der Waals surface area (Å²) in [6.07, 6.45) is 8.00. The minimum atomic E-state index is -0.792. The largest absolute Gasteiger partial charge is 0.481 e. The van der Waals surface area contributed by atoms with Gasteiger partial charge in [-0.05, 0) is 37.2 Å². The molecule has 0 unspecified atom stereocenters. The number of carboxylic acid groups (broad SMARTS) is 1. The number of carbonyl (C=O) groups is 2. The molecular formula is C29H41N3O4S. The monoisotopic (exact) mass is 527 g/mol. The van der Waals surface area contributed by atoms with Gasteiger partial charge in [-0.25, -0.2) is 9.97 Å². The first-order valence-electron chi connectivity index (χ1n) is 13.7. The Bertz CT molecular complexity index is 1110. The van der Waals surface area contributed by atoms with Crippen LogP contribution in [-0.4, -0.2) is 39.6 Å². The lowest BCUT2D eigenvalue weighted by atomic mass is 9.80. The maximum absolute atomic E-state index is 13.1. The third kappa shape index (κ3) is 7.09. The van der Waals surface area contributed by atoms with Crippen molar-refractivity contribution in [1.82, 2.24) is 15.3 Å². The Kier molecular flexibility index (Phi) is 8.56. The van der Waals surface area contributed by atoms with Gasteiger partial charge >= 0.3 is 5.97 Å². The van der Waals surface area contributed by atoms with Crippen molar-refractivity contribution in [2.24, 2.45) is 17.8 Å². The SMILES string of the molecule is CC(C)COc1cc(-c2sc(C(=O)N[C@H]3C[C@H](C(=O)O)C3)nc2CC2CCCCC2)cc(C(C)(C)C)n1. The van der Waals surface area contributed by atoms with Gasteiger partial charge in [0.1, 0.15) is 0 Å². The van der Waals surface area contributed by atoms with Crippen LogP contribution in [0.1, 0.15) is 101 Å². The molecule has 2 aliphatic rings. The zero-order chi connectivity index (χ0) is 26.7. The average molecular weight is 528 g/mol. The van der Waals surface area contributed by atoms with Crippen LogP contribution in [0.25, 0.3) is 10.4 Å². The average Bonchev–Trinajstić information content (AvgIpc) is 3.23. The topological polar surface area (TPSA) is 101 Å². The van der Waals surface area contributed by atoms with Crippen LogP contribution in [0, 0.1) is 17.8 Å². The summed E-state index contributed by atoms with van der Waals surface area (Å²) >= 11 is 1.42. The zero-order valence-electron chi connectivity index (χ0n) is 22.8. The van der Waals surface area contributed by atoms with E-state index in [1.54, 1.807) is 0 Å². The van der Waals surface area contributed by atoms with Crippen molar-refractivity contribution in [3.05, 3.63) is 28.5 Å². The molecule has 2 fully saturated rings. The van der Waals surface area contributed by atoms with Gasteiger partial charge in [0.05, 0.1) is 28.8 Å². The second-order valence-electron chi connectivity index (χ2n) is 12.2. The summed E-state index contributed by atoms with van der Waals surface area (Å²) < 4.78 is 6.06. The summed E-state index contributed by atoms with van der Waals surface area (Å²) in [4.78, 5) is 35.0. The van der Waals surface area contributed by atoms with Gasteiger partial charge in [0.2, 0.25) is 5.88 Å². The Morgan fingerprint density at radius 1 is 1.14 bits per heavy atom. The molecule has 4 rings (SSSR count). The number of pyridine rings is 1. The van der Waals surface area contributed by atoms with E-state index >= 15 is 0 Å². The number of hydrogen-bond acceptors (Lipinski definition) is 6. The quantitative estimate of drug-likeness (QED) is 0.399. The first-order valence-corrected chi connectivity index (χ1v) is 14.5. The molecule has 0 aliphatic heterocycles. The molecule has 0 bridgehead atoms. The van der Waals surface area contributed by atoms with Gasteiger partial charge in [0, 0.05) is 23.1 Å². The maximum atomic E-state index is 13.1. The summed E-state index contributed by atoms with van der Waals surface area (Å²) in [5.74, 6) is 0.200. The van der Waals surface area contributed by atoms with E-state index < -0.39 is 5.97 Å². The van der Waals surface area contributed by atoms with Crippen LogP contribution >= 0.6 is 11.3 Å². The van der Waals surface area contributed by atoms with E-state index in [9.17, 15) is 9.59 Å². The number of hydrogen-bond donors (Lipinski definition) is 2. The molecule has 0 aromatic carbocycles. The summed E-state index contributed by atoms with van der Waals surface area (Å²) in [5, 5.41) is 12.6. The molecule has 2 aromatic rings. The predicted molar refractivity (Wildman–Crippen MR) is 146 cm³/mol. The molecule has 2 saturated carbocycles. The van der Waals surface area contributed by atoms with Gasteiger partial charge < -0.3 is 15.2 Å². The highest BCUT2D eigenvalue weighted by molar-refractivity contribution is 7.17. The van der Waals surface area contributed by atoms with Crippen LogP contribution in [0.3, 0.4) is 0 Å². The maximum Gasteiger partial charge on any atom is 0.306 e. The Hall–Kier alpha value is -2.48. The lowest BCUT2D eigenvalue weighted by molar-refractivity contribution is -0.145. The Morgan fingerprint density at radius 2 is 1.84 bits per heavy atom. The van der Waals surface area contributed by atoms with Crippen LogP contribution in [-0.2, 0) is 16.6 Å². The molecule has 2 aliphatic carbocycles. The highest BCUT2D eigenvalue weighted by atomic mass is 32.1. The number of rotatable bonds is 9. The van der Waals surface area contributed by atoms with E-state index in [-0.39, 0.29) is 23.3 Å². The van der Waals surface area contributed by atoms with Gasteiger partial charge in [-0.15, -0.1) is 11.3 Å². The molecule has 0 saturated heterocycles. The summed E-state index contributed by atoms with van der Waals surface area (Å²) in [6.45, 7) is 11.2. The van der Waals surface area contributed by atoms with E-state index in [1.807, 2.05) is 6.07 Å². The molecule has 2 N–H and O–H groups in total. The second kappa shape index (κ2) is 11.5. The van der Waals surface area contributed by atoms with Gasteiger partial charge in [-0.2, -0.15) is 0 Å². The van der Waals surface area contributed by atoms with Gasteiger partial charge in [-0.3, -0.25) is 9.59 Å². The molecule has 2 aromatic heterocycles. The third-order valence-electron chi connectivity index (χ3n) is 7.32. The minimum Gasteiger partial charge on any atom is -0.481 e. The molecule has 0 spiro atoms. The van der Waals surface area contributed by atoms with E-state index in [2.05, 4.69) is 46.0 Å². The van der Waals surface area contributed by atoms with Crippen molar-refractivity contribution in [2.75, 3.05) is 6.61 Å². The predicted octanol–water partition coefficient (Wildman–Crippen LogP) is 6.25. The van der Waals surface area contributed by atoms with Crippen molar-refractivity contribution < 1.29 is 19.4 Å². The lowest BCUT2D eigenvalue weighted by Crippen LogP contribution is -2.46. The Labute approximate surface area is 224 Å². The molecule has 2 heterocycles. The second-order valence-corrected chi connectivity index (χ2v) is 13.2. The van der Waals surface area contributed by atoms with Gasteiger partial charge in [0.25, 0.3) is 5.91 Å². The standard InChI is InChI=1S/C29H41N3O4S/c1-17(2)16-36-24-15-19(14-23(32-24)29(3,4)5)25-22(11-18-9-7-6-8-10-18)31-27(37-25)26(33)30-21-12-20(13-21)28(34)35/h14-15,17-18,20-21H,6-13,16H2,1-5H3,(H,30,33)(H,34,35)/t20-,21-. The number of aromatic nitrogens is 2. The fourth-order valence-electron chi connectivity index (χ4n) is 5.01. The Balaban J connectivity index is 1.66. The van der Waals surface area contributed by atoms with E-state index in [0.717, 1.165) is 28.2 Å². The molecule has 0 radical (unpaired) electrons. The number of amides is 1. The van der Waals surface area contributed by atoms with Crippen LogP contribution in [0.2, 0.25) is 0 Å². The Morgan fingerprint density at radius 3 is 2.46 bits per heavy atom. The number of carboxylic acids is 1. The molecule has 202 valence electrons. The molecule has 0 atom stereocenters. The molecule has 8 heteroatoms. The number of aliphatic carboxylic acids is 1. The normalized spacial score (nSPS) is 20.5. The number of carbonyl (C=O) groups excluding carboxylic acids is 1. The number of nitrogens with one attached hydrogen (secondary N) is 1. The first kappa shape index (κ1) is 27.6. The van der Waals surface area contributed by atoms with Crippen LogP contribution in [0.5, 0.6) is 5.88 Å². The number of ether oxygens (including phenoxy) is 1.